The molecule has 0 spiro atoms. The molecule has 0 bridgehead atoms. The summed E-state index contributed by atoms with van der Waals surface area (Å²) in [6.07, 6.45) is 1.69. The molecule has 68 valence electrons. The van der Waals surface area contributed by atoms with Crippen LogP contribution in [-0.4, -0.2) is 4.98 Å². The molecule has 1 heterocycles. The minimum absolute atomic E-state index is 0.593. The van der Waals surface area contributed by atoms with E-state index in [0.29, 0.717) is 5.56 Å². The number of hydrogen-bond donors (Lipinski definition) is 0. The smallest absolute Gasteiger partial charge is 0.101 e. The molecule has 0 atom stereocenters. The van der Waals surface area contributed by atoms with Crippen LogP contribution in [0, 0.1) is 11.3 Å². The summed E-state index contributed by atoms with van der Waals surface area (Å²) in [6.45, 7) is 0. The maximum atomic E-state index is 8.88. The topological polar surface area (TPSA) is 36.7 Å². The number of aromatic nitrogens is 1. The van der Waals surface area contributed by atoms with E-state index in [1.165, 1.54) is 0 Å². The van der Waals surface area contributed by atoms with Crippen LogP contribution in [0.5, 0.6) is 0 Å². The van der Waals surface area contributed by atoms with Crippen molar-refractivity contribution in [1.82, 2.24) is 4.98 Å². The maximum absolute atomic E-state index is 8.88. The van der Waals surface area contributed by atoms with Crippen LogP contribution in [0.4, 0.5) is 0 Å². The lowest BCUT2D eigenvalue weighted by Crippen LogP contribution is -1.85. The summed E-state index contributed by atoms with van der Waals surface area (Å²) in [5.74, 6) is 0. The van der Waals surface area contributed by atoms with E-state index in [-0.39, 0.29) is 0 Å². The molecule has 0 aliphatic rings. The van der Waals surface area contributed by atoms with Crippen molar-refractivity contribution in [2.45, 2.75) is 0 Å². The second kappa shape index (κ2) is 3.68. The van der Waals surface area contributed by atoms with Crippen LogP contribution >= 0.6 is 31.9 Å². The molecule has 0 amide bonds. The zero-order valence-corrected chi connectivity index (χ0v) is 10.1. The number of rotatable bonds is 0. The van der Waals surface area contributed by atoms with Crippen molar-refractivity contribution in [3.63, 3.8) is 0 Å². The molecular formula is C10H4Br2N2. The molecule has 0 N–H and O–H groups in total. The molecule has 0 aliphatic carbocycles. The third-order valence-corrected chi connectivity index (χ3v) is 3.01. The van der Waals surface area contributed by atoms with E-state index in [2.05, 4.69) is 42.9 Å². The number of nitriles is 1. The summed E-state index contributed by atoms with van der Waals surface area (Å²) in [4.78, 5) is 4.21. The number of benzene rings is 1. The lowest BCUT2D eigenvalue weighted by Gasteiger charge is -2.01. The predicted octanol–water partition coefficient (Wildman–Crippen LogP) is 3.63. The first kappa shape index (κ1) is 9.63. The van der Waals surface area contributed by atoms with Gasteiger partial charge in [0.1, 0.15) is 6.07 Å². The van der Waals surface area contributed by atoms with Crippen molar-refractivity contribution in [2.75, 3.05) is 0 Å². The van der Waals surface area contributed by atoms with E-state index in [1.807, 2.05) is 12.1 Å². The first-order valence-electron chi connectivity index (χ1n) is 3.86. The number of halogens is 2. The SMILES string of the molecule is N#Cc1ccc(Br)c2cc(Br)cnc12. The standard InChI is InChI=1S/C10H4Br2N2/c11-7-3-8-9(12)2-1-6(4-13)10(8)14-5-7/h1-3,5H. The average molecular weight is 312 g/mol. The van der Waals surface area contributed by atoms with Gasteiger partial charge in [-0.2, -0.15) is 5.26 Å². The number of fused-ring (bicyclic) bond motifs is 1. The highest BCUT2D eigenvalue weighted by molar-refractivity contribution is 9.11. The van der Waals surface area contributed by atoms with E-state index < -0.39 is 0 Å². The summed E-state index contributed by atoms with van der Waals surface area (Å²) >= 11 is 6.77. The van der Waals surface area contributed by atoms with Gasteiger partial charge in [-0.05, 0) is 34.1 Å². The Labute approximate surface area is 97.8 Å². The van der Waals surface area contributed by atoms with Crippen LogP contribution in [0.2, 0.25) is 0 Å². The highest BCUT2D eigenvalue weighted by Crippen LogP contribution is 2.27. The monoisotopic (exact) mass is 310 g/mol. The highest BCUT2D eigenvalue weighted by atomic mass is 79.9. The van der Waals surface area contributed by atoms with E-state index in [4.69, 9.17) is 5.26 Å². The third kappa shape index (κ3) is 1.54. The summed E-state index contributed by atoms with van der Waals surface area (Å²) in [7, 11) is 0. The normalized spacial score (nSPS) is 10.1. The fourth-order valence-electron chi connectivity index (χ4n) is 1.25. The van der Waals surface area contributed by atoms with Gasteiger partial charge in [0.05, 0.1) is 11.1 Å². The van der Waals surface area contributed by atoms with Crippen LogP contribution in [0.1, 0.15) is 5.56 Å². The van der Waals surface area contributed by atoms with Gasteiger partial charge in [-0.3, -0.25) is 4.98 Å². The van der Waals surface area contributed by atoms with Crippen molar-refractivity contribution in [3.05, 3.63) is 38.9 Å². The minimum Gasteiger partial charge on any atom is -0.254 e. The van der Waals surface area contributed by atoms with E-state index in [9.17, 15) is 0 Å². The zero-order chi connectivity index (χ0) is 10.1. The van der Waals surface area contributed by atoms with E-state index >= 15 is 0 Å². The van der Waals surface area contributed by atoms with Gasteiger partial charge in [0, 0.05) is 20.5 Å². The summed E-state index contributed by atoms with van der Waals surface area (Å²) in [5, 5.41) is 9.82. The van der Waals surface area contributed by atoms with E-state index in [0.717, 1.165) is 19.8 Å². The van der Waals surface area contributed by atoms with Gasteiger partial charge in [-0.25, -0.2) is 0 Å². The van der Waals surface area contributed by atoms with Crippen LogP contribution in [0.3, 0.4) is 0 Å². The Morgan fingerprint density at radius 1 is 1.29 bits per heavy atom. The second-order valence-electron chi connectivity index (χ2n) is 2.76. The summed E-state index contributed by atoms with van der Waals surface area (Å²) < 4.78 is 1.85. The van der Waals surface area contributed by atoms with Crippen molar-refractivity contribution < 1.29 is 0 Å². The zero-order valence-electron chi connectivity index (χ0n) is 6.96. The van der Waals surface area contributed by atoms with Crippen LogP contribution < -0.4 is 0 Å². The molecule has 0 fully saturated rings. The van der Waals surface area contributed by atoms with Gasteiger partial charge in [0.2, 0.25) is 0 Å². The van der Waals surface area contributed by atoms with Crippen LogP contribution in [0.15, 0.2) is 33.3 Å². The Balaban J connectivity index is 2.93. The average Bonchev–Trinajstić information content (AvgIpc) is 2.19. The van der Waals surface area contributed by atoms with Crippen LogP contribution in [0.25, 0.3) is 10.9 Å². The minimum atomic E-state index is 0.593. The Morgan fingerprint density at radius 2 is 2.07 bits per heavy atom. The Bertz CT molecular complexity index is 544. The molecule has 0 aliphatic heterocycles. The molecule has 0 saturated carbocycles. The van der Waals surface area contributed by atoms with Gasteiger partial charge in [0.15, 0.2) is 0 Å². The fourth-order valence-corrected chi connectivity index (χ4v) is 2.02. The second-order valence-corrected chi connectivity index (χ2v) is 4.53. The molecule has 1 aromatic carbocycles. The largest absolute Gasteiger partial charge is 0.254 e. The highest BCUT2D eigenvalue weighted by Gasteiger charge is 2.05. The lowest BCUT2D eigenvalue weighted by molar-refractivity contribution is 1.37. The number of hydrogen-bond acceptors (Lipinski definition) is 2. The predicted molar refractivity (Wildman–Crippen MR) is 61.9 cm³/mol. The molecular weight excluding hydrogens is 308 g/mol. The van der Waals surface area contributed by atoms with Gasteiger partial charge in [0.25, 0.3) is 0 Å². The molecule has 2 rings (SSSR count). The first-order chi connectivity index (χ1) is 6.72. The number of nitrogens with zero attached hydrogens (tertiary/aromatic N) is 2. The van der Waals surface area contributed by atoms with Crippen molar-refractivity contribution in [3.8, 4) is 6.07 Å². The number of pyridine rings is 1. The molecule has 4 heteroatoms. The Kier molecular flexibility index (Phi) is 2.53. The molecule has 2 aromatic rings. The molecule has 14 heavy (non-hydrogen) atoms. The fraction of sp³-hybridized carbons (Fsp3) is 0. The molecule has 0 unspecified atom stereocenters. The quantitative estimate of drug-likeness (QED) is 0.745. The summed E-state index contributed by atoms with van der Waals surface area (Å²) in [6, 6.07) is 7.67. The van der Waals surface area contributed by atoms with Crippen molar-refractivity contribution in [1.29, 1.82) is 5.26 Å². The molecule has 1 aromatic heterocycles. The Morgan fingerprint density at radius 3 is 2.79 bits per heavy atom. The molecule has 2 nitrogen and oxygen atoms in total. The van der Waals surface area contributed by atoms with Gasteiger partial charge in [-0.15, -0.1) is 0 Å². The van der Waals surface area contributed by atoms with Gasteiger partial charge >= 0.3 is 0 Å². The van der Waals surface area contributed by atoms with E-state index in [1.54, 1.807) is 12.3 Å². The molecule has 0 radical (unpaired) electrons. The van der Waals surface area contributed by atoms with Gasteiger partial charge in [-0.1, -0.05) is 15.9 Å². The van der Waals surface area contributed by atoms with Crippen molar-refractivity contribution >= 4 is 42.8 Å². The van der Waals surface area contributed by atoms with Gasteiger partial charge < -0.3 is 0 Å². The summed E-state index contributed by atoms with van der Waals surface area (Å²) in [5.41, 5.74) is 1.32. The lowest BCUT2D eigenvalue weighted by atomic mass is 10.1. The third-order valence-electron chi connectivity index (χ3n) is 1.88. The molecule has 0 saturated heterocycles. The Hall–Kier alpha value is -0.920. The first-order valence-corrected chi connectivity index (χ1v) is 5.45. The van der Waals surface area contributed by atoms with Crippen molar-refractivity contribution in [2.24, 2.45) is 0 Å². The maximum Gasteiger partial charge on any atom is 0.101 e. The van der Waals surface area contributed by atoms with Crippen LogP contribution in [-0.2, 0) is 0 Å².